The number of aliphatic hydroxyl groups excluding tert-OH is 2. The molecule has 0 aliphatic heterocycles. The molecule has 0 heterocycles. The van der Waals surface area contributed by atoms with Gasteiger partial charge in [0.1, 0.15) is 5.54 Å². The smallest absolute Gasteiger partial charge is 0.105 e. The van der Waals surface area contributed by atoms with Gasteiger partial charge in [-0.25, -0.2) is 0 Å². The van der Waals surface area contributed by atoms with Crippen molar-refractivity contribution < 1.29 is 10.2 Å². The molecule has 4 nitrogen and oxygen atoms in total. The van der Waals surface area contributed by atoms with E-state index in [0.717, 1.165) is 5.56 Å². The molecule has 0 radical (unpaired) electrons. The predicted molar refractivity (Wildman–Crippen MR) is 60.2 cm³/mol. The molecule has 86 valence electrons. The van der Waals surface area contributed by atoms with E-state index in [0.29, 0.717) is 17.5 Å². The van der Waals surface area contributed by atoms with Crippen molar-refractivity contribution in [1.29, 1.82) is 5.26 Å². The van der Waals surface area contributed by atoms with Crippen molar-refractivity contribution in [3.63, 3.8) is 0 Å². The Kier molecular flexibility index (Phi) is 4.02. The molecule has 0 aliphatic rings. The van der Waals surface area contributed by atoms with Gasteiger partial charge in [0.15, 0.2) is 0 Å². The van der Waals surface area contributed by atoms with Crippen molar-refractivity contribution in [1.82, 2.24) is 0 Å². The maximum atomic E-state index is 9.12. The van der Waals surface area contributed by atoms with Crippen molar-refractivity contribution in [2.75, 3.05) is 0 Å². The summed E-state index contributed by atoms with van der Waals surface area (Å²) in [5.41, 5.74) is 7.08. The summed E-state index contributed by atoms with van der Waals surface area (Å²) in [7, 11) is 0. The van der Waals surface area contributed by atoms with Crippen LogP contribution in [0.15, 0.2) is 18.2 Å². The molecule has 0 fully saturated rings. The van der Waals surface area contributed by atoms with Gasteiger partial charge < -0.3 is 15.9 Å². The van der Waals surface area contributed by atoms with Gasteiger partial charge in [-0.15, -0.1) is 0 Å². The van der Waals surface area contributed by atoms with E-state index in [1.807, 2.05) is 12.1 Å². The van der Waals surface area contributed by atoms with Crippen LogP contribution in [0.1, 0.15) is 23.6 Å². The Bertz CT molecular complexity index is 408. The second-order valence-electron chi connectivity index (χ2n) is 4.13. The molecule has 0 aromatic heterocycles. The fraction of sp³-hybridized carbons (Fsp3) is 0.417. The first kappa shape index (κ1) is 12.7. The SMILES string of the molecule is CC(N)(C#N)Cc1ccc(CO)c(CO)c1. The highest BCUT2D eigenvalue weighted by atomic mass is 16.3. The third kappa shape index (κ3) is 3.04. The summed E-state index contributed by atoms with van der Waals surface area (Å²) in [6.45, 7) is 1.43. The van der Waals surface area contributed by atoms with E-state index >= 15 is 0 Å². The minimum Gasteiger partial charge on any atom is -0.392 e. The number of hydrogen-bond donors (Lipinski definition) is 3. The van der Waals surface area contributed by atoms with Gasteiger partial charge in [0.05, 0.1) is 19.3 Å². The minimum absolute atomic E-state index is 0.103. The second-order valence-corrected chi connectivity index (χ2v) is 4.13. The van der Waals surface area contributed by atoms with Crippen molar-refractivity contribution in [2.45, 2.75) is 32.1 Å². The van der Waals surface area contributed by atoms with Gasteiger partial charge in [0.25, 0.3) is 0 Å². The van der Waals surface area contributed by atoms with Crippen LogP contribution in [0, 0.1) is 11.3 Å². The van der Waals surface area contributed by atoms with Crippen molar-refractivity contribution in [3.8, 4) is 6.07 Å². The average molecular weight is 220 g/mol. The average Bonchev–Trinajstić information content (AvgIpc) is 2.28. The highest BCUT2D eigenvalue weighted by Crippen LogP contribution is 2.16. The zero-order valence-electron chi connectivity index (χ0n) is 9.27. The highest BCUT2D eigenvalue weighted by Gasteiger charge is 2.18. The highest BCUT2D eigenvalue weighted by molar-refractivity contribution is 5.33. The number of benzene rings is 1. The predicted octanol–water partition coefficient (Wildman–Crippen LogP) is 0.455. The van der Waals surface area contributed by atoms with Crippen LogP contribution >= 0.6 is 0 Å². The van der Waals surface area contributed by atoms with E-state index in [1.165, 1.54) is 0 Å². The molecule has 1 atom stereocenters. The number of hydrogen-bond acceptors (Lipinski definition) is 4. The largest absolute Gasteiger partial charge is 0.392 e. The lowest BCUT2D eigenvalue weighted by Crippen LogP contribution is -2.36. The molecule has 1 aromatic rings. The molecule has 0 spiro atoms. The summed E-state index contributed by atoms with van der Waals surface area (Å²) in [6.07, 6.45) is 0.419. The molecule has 1 unspecified atom stereocenters. The molecule has 0 amide bonds. The van der Waals surface area contributed by atoms with Crippen LogP contribution in [0.4, 0.5) is 0 Å². The van der Waals surface area contributed by atoms with Crippen LogP contribution in [-0.2, 0) is 19.6 Å². The zero-order chi connectivity index (χ0) is 12.2. The summed E-state index contributed by atoms with van der Waals surface area (Å²) in [5.74, 6) is 0. The first-order valence-electron chi connectivity index (χ1n) is 5.05. The third-order valence-electron chi connectivity index (χ3n) is 2.44. The Balaban J connectivity index is 2.97. The maximum absolute atomic E-state index is 9.12. The number of nitriles is 1. The van der Waals surface area contributed by atoms with Gasteiger partial charge in [-0.05, 0) is 23.6 Å². The summed E-state index contributed by atoms with van der Waals surface area (Å²) >= 11 is 0. The molecule has 0 bridgehead atoms. The van der Waals surface area contributed by atoms with E-state index in [9.17, 15) is 0 Å². The molecular weight excluding hydrogens is 204 g/mol. The van der Waals surface area contributed by atoms with E-state index in [1.54, 1.807) is 19.1 Å². The molecule has 0 saturated heterocycles. The molecule has 0 saturated carbocycles. The van der Waals surface area contributed by atoms with Crippen LogP contribution < -0.4 is 5.73 Å². The summed E-state index contributed by atoms with van der Waals surface area (Å²) in [5, 5.41) is 27.0. The van der Waals surface area contributed by atoms with Crippen molar-refractivity contribution >= 4 is 0 Å². The standard InChI is InChI=1S/C12H16N2O2/c1-12(14,8-13)5-9-2-3-10(6-15)11(4-9)7-16/h2-4,15-16H,5-7,14H2,1H3. The molecule has 4 N–H and O–H groups in total. The van der Waals surface area contributed by atoms with E-state index in [4.69, 9.17) is 21.2 Å². The fourth-order valence-corrected chi connectivity index (χ4v) is 1.55. The van der Waals surface area contributed by atoms with Gasteiger partial charge in [-0.2, -0.15) is 5.26 Å². The third-order valence-corrected chi connectivity index (χ3v) is 2.44. The number of aliphatic hydroxyl groups is 2. The monoisotopic (exact) mass is 220 g/mol. The van der Waals surface area contributed by atoms with Crippen LogP contribution in [0.3, 0.4) is 0 Å². The molecule has 4 heteroatoms. The van der Waals surface area contributed by atoms with Gasteiger partial charge in [0.2, 0.25) is 0 Å². The van der Waals surface area contributed by atoms with Gasteiger partial charge in [-0.3, -0.25) is 0 Å². The molecular formula is C12H16N2O2. The lowest BCUT2D eigenvalue weighted by molar-refractivity contribution is 0.260. The van der Waals surface area contributed by atoms with Crippen molar-refractivity contribution in [2.24, 2.45) is 5.73 Å². The molecule has 0 aliphatic carbocycles. The topological polar surface area (TPSA) is 90.3 Å². The first-order chi connectivity index (χ1) is 7.52. The van der Waals surface area contributed by atoms with E-state index < -0.39 is 5.54 Å². The minimum atomic E-state index is -0.909. The maximum Gasteiger partial charge on any atom is 0.105 e. The summed E-state index contributed by atoms with van der Waals surface area (Å²) < 4.78 is 0. The Morgan fingerprint density at radius 3 is 2.44 bits per heavy atom. The van der Waals surface area contributed by atoms with Gasteiger partial charge >= 0.3 is 0 Å². The Labute approximate surface area is 94.9 Å². The van der Waals surface area contributed by atoms with Gasteiger partial charge in [0, 0.05) is 6.42 Å². The Morgan fingerprint density at radius 1 is 1.31 bits per heavy atom. The lowest BCUT2D eigenvalue weighted by Gasteiger charge is -2.16. The van der Waals surface area contributed by atoms with E-state index in [-0.39, 0.29) is 13.2 Å². The lowest BCUT2D eigenvalue weighted by atomic mass is 9.93. The Hall–Kier alpha value is -1.41. The summed E-state index contributed by atoms with van der Waals surface area (Å²) in [6, 6.07) is 7.35. The quantitative estimate of drug-likeness (QED) is 0.687. The number of nitrogens with zero attached hydrogens (tertiary/aromatic N) is 1. The van der Waals surface area contributed by atoms with Crippen LogP contribution in [0.25, 0.3) is 0 Å². The molecule has 1 rings (SSSR count). The van der Waals surface area contributed by atoms with Crippen LogP contribution in [0.2, 0.25) is 0 Å². The fourth-order valence-electron chi connectivity index (χ4n) is 1.55. The first-order valence-corrected chi connectivity index (χ1v) is 5.05. The normalized spacial score (nSPS) is 14.2. The summed E-state index contributed by atoms with van der Waals surface area (Å²) in [4.78, 5) is 0. The van der Waals surface area contributed by atoms with Crippen LogP contribution in [0.5, 0.6) is 0 Å². The van der Waals surface area contributed by atoms with Gasteiger partial charge in [-0.1, -0.05) is 18.2 Å². The van der Waals surface area contributed by atoms with Crippen molar-refractivity contribution in [3.05, 3.63) is 34.9 Å². The number of nitrogens with two attached hydrogens (primary N) is 1. The second kappa shape index (κ2) is 5.08. The molecule has 16 heavy (non-hydrogen) atoms. The van der Waals surface area contributed by atoms with E-state index in [2.05, 4.69) is 0 Å². The Morgan fingerprint density at radius 2 is 1.94 bits per heavy atom. The number of rotatable bonds is 4. The zero-order valence-corrected chi connectivity index (χ0v) is 9.27. The molecule has 1 aromatic carbocycles. The van der Waals surface area contributed by atoms with Crippen LogP contribution in [-0.4, -0.2) is 15.8 Å².